The van der Waals surface area contributed by atoms with Gasteiger partial charge >= 0.3 is 0 Å². The van der Waals surface area contributed by atoms with Crippen molar-refractivity contribution in [1.82, 2.24) is 0 Å². The van der Waals surface area contributed by atoms with Gasteiger partial charge in [0.25, 0.3) is 0 Å². The average Bonchev–Trinajstić information content (AvgIpc) is 2.44. The smallest absolute Gasteiger partial charge is 0.0466 e. The van der Waals surface area contributed by atoms with Crippen LogP contribution >= 0.6 is 0 Å². The topological polar surface area (TPSA) is 18.5 Å². The number of rotatable bonds is 2. The highest BCUT2D eigenvalue weighted by Crippen LogP contribution is 1.98. The predicted octanol–water partition coefficient (Wildman–Crippen LogP) is 1.46. The largest absolute Gasteiger partial charge is 0.382 e. The second-order valence-corrected chi connectivity index (χ2v) is 2.10. The fourth-order valence-electron chi connectivity index (χ4n) is 0.714. The second-order valence-electron chi connectivity index (χ2n) is 2.10. The van der Waals surface area contributed by atoms with Crippen molar-refractivity contribution < 1.29 is 9.47 Å². The van der Waals surface area contributed by atoms with E-state index in [1.54, 1.807) is 0 Å². The Bertz CT molecular complexity index is 46.4. The number of ether oxygens (including phenoxy) is 2. The lowest BCUT2D eigenvalue weighted by molar-refractivity contribution is 0.162. The minimum Gasteiger partial charge on any atom is -0.382 e. The zero-order valence-electron chi connectivity index (χ0n) is 7.64. The van der Waals surface area contributed by atoms with Crippen LogP contribution in [-0.2, 0) is 9.47 Å². The Morgan fingerprint density at radius 3 is 1.64 bits per heavy atom. The Morgan fingerprint density at radius 2 is 1.55 bits per heavy atom. The minimum atomic E-state index is 0. The van der Waals surface area contributed by atoms with Gasteiger partial charge in [-0.1, -0.05) is 0 Å². The lowest BCUT2D eigenvalue weighted by atomic mass is 10.4. The SMILES string of the molecule is C1CCOC1.CCOCC.[B]. The Kier molecular flexibility index (Phi) is 15.6. The lowest BCUT2D eigenvalue weighted by Crippen LogP contribution is -1.84. The molecule has 3 radical (unpaired) electrons. The van der Waals surface area contributed by atoms with Crippen molar-refractivity contribution in [3.05, 3.63) is 0 Å². The second kappa shape index (κ2) is 12.6. The van der Waals surface area contributed by atoms with E-state index in [9.17, 15) is 0 Å². The molecule has 0 bridgehead atoms. The van der Waals surface area contributed by atoms with Crippen molar-refractivity contribution in [1.29, 1.82) is 0 Å². The molecule has 65 valence electrons. The molecule has 2 nitrogen and oxygen atoms in total. The van der Waals surface area contributed by atoms with Crippen LogP contribution in [0.3, 0.4) is 0 Å². The van der Waals surface area contributed by atoms with Crippen molar-refractivity contribution in [2.75, 3.05) is 26.4 Å². The molecule has 3 heteroatoms. The third-order valence-electron chi connectivity index (χ3n) is 1.24. The molecule has 1 saturated heterocycles. The zero-order chi connectivity index (χ0) is 7.66. The minimum absolute atomic E-state index is 0. The summed E-state index contributed by atoms with van der Waals surface area (Å²) in [5.74, 6) is 0. The summed E-state index contributed by atoms with van der Waals surface area (Å²) in [6, 6.07) is 0. The van der Waals surface area contributed by atoms with Crippen LogP contribution in [0.15, 0.2) is 0 Å². The average molecular weight is 157 g/mol. The zero-order valence-corrected chi connectivity index (χ0v) is 7.64. The van der Waals surface area contributed by atoms with Crippen LogP contribution in [0.4, 0.5) is 0 Å². The first-order valence-corrected chi connectivity index (χ1v) is 4.07. The molecule has 1 heterocycles. The molecule has 0 saturated carbocycles. The first-order valence-electron chi connectivity index (χ1n) is 4.07. The molecule has 1 aliphatic rings. The van der Waals surface area contributed by atoms with E-state index in [4.69, 9.17) is 9.47 Å². The fraction of sp³-hybridized carbons (Fsp3) is 1.00. The van der Waals surface area contributed by atoms with Crippen molar-refractivity contribution in [2.45, 2.75) is 26.7 Å². The lowest BCUT2D eigenvalue weighted by Gasteiger charge is -1.86. The molecule has 0 aromatic carbocycles. The molecule has 1 aliphatic heterocycles. The van der Waals surface area contributed by atoms with Crippen molar-refractivity contribution in [3.8, 4) is 0 Å². The summed E-state index contributed by atoms with van der Waals surface area (Å²) in [4.78, 5) is 0. The molecule has 0 spiro atoms. The van der Waals surface area contributed by atoms with Gasteiger partial charge in [0.15, 0.2) is 0 Å². The third-order valence-corrected chi connectivity index (χ3v) is 1.24. The summed E-state index contributed by atoms with van der Waals surface area (Å²) in [6.07, 6.45) is 2.56. The molecule has 0 aromatic rings. The molecule has 0 unspecified atom stereocenters. The molecule has 0 amide bonds. The first-order chi connectivity index (χ1) is 4.91. The van der Waals surface area contributed by atoms with E-state index in [1.165, 1.54) is 12.8 Å². The van der Waals surface area contributed by atoms with Crippen LogP contribution in [0.25, 0.3) is 0 Å². The molecule has 1 fully saturated rings. The van der Waals surface area contributed by atoms with Gasteiger partial charge in [0, 0.05) is 34.8 Å². The summed E-state index contributed by atoms with van der Waals surface area (Å²) in [6.45, 7) is 7.67. The van der Waals surface area contributed by atoms with Gasteiger partial charge in [0.05, 0.1) is 0 Å². The number of hydrogen-bond donors (Lipinski definition) is 0. The normalized spacial score (nSPS) is 14.7. The molecule has 11 heavy (non-hydrogen) atoms. The van der Waals surface area contributed by atoms with E-state index in [-0.39, 0.29) is 8.41 Å². The van der Waals surface area contributed by atoms with E-state index in [2.05, 4.69) is 0 Å². The third kappa shape index (κ3) is 13.0. The van der Waals surface area contributed by atoms with Crippen LogP contribution in [0.1, 0.15) is 26.7 Å². The Labute approximate surface area is 71.8 Å². The Balaban J connectivity index is 0. The van der Waals surface area contributed by atoms with E-state index in [0.717, 1.165) is 26.4 Å². The van der Waals surface area contributed by atoms with Gasteiger partial charge < -0.3 is 9.47 Å². The summed E-state index contributed by atoms with van der Waals surface area (Å²) >= 11 is 0. The van der Waals surface area contributed by atoms with E-state index in [0.29, 0.717) is 0 Å². The van der Waals surface area contributed by atoms with Gasteiger partial charge in [0.2, 0.25) is 0 Å². The maximum atomic E-state index is 4.94. The van der Waals surface area contributed by atoms with Gasteiger partial charge in [-0.25, -0.2) is 0 Å². The van der Waals surface area contributed by atoms with Gasteiger partial charge in [-0.05, 0) is 26.7 Å². The maximum absolute atomic E-state index is 4.94. The Hall–Kier alpha value is -0.0151. The highest BCUT2D eigenvalue weighted by atomic mass is 16.5. The van der Waals surface area contributed by atoms with Crippen LogP contribution in [-0.4, -0.2) is 34.8 Å². The van der Waals surface area contributed by atoms with E-state index in [1.807, 2.05) is 13.8 Å². The number of hydrogen-bond acceptors (Lipinski definition) is 2. The highest BCUT2D eigenvalue weighted by molar-refractivity contribution is 5.75. The van der Waals surface area contributed by atoms with Crippen molar-refractivity contribution in [2.24, 2.45) is 0 Å². The van der Waals surface area contributed by atoms with Crippen molar-refractivity contribution in [3.63, 3.8) is 0 Å². The predicted molar refractivity (Wildman–Crippen MR) is 48.0 cm³/mol. The molecule has 0 atom stereocenters. The standard InChI is InChI=1S/C4H8O.C4H10O.B/c1-2-4-5-3-1;1-3-5-4-2;/h1-4H2;3-4H2,1-2H3;. The van der Waals surface area contributed by atoms with Crippen LogP contribution in [0.5, 0.6) is 0 Å². The first kappa shape index (κ1) is 13.6. The molecule has 0 aromatic heterocycles. The molecule has 0 aliphatic carbocycles. The van der Waals surface area contributed by atoms with Crippen LogP contribution in [0, 0.1) is 0 Å². The summed E-state index contributed by atoms with van der Waals surface area (Å²) < 4.78 is 9.78. The highest BCUT2D eigenvalue weighted by Gasteiger charge is 1.94. The molecule has 1 rings (SSSR count). The molecular formula is C8H18BO2. The van der Waals surface area contributed by atoms with E-state index < -0.39 is 0 Å². The van der Waals surface area contributed by atoms with Crippen molar-refractivity contribution >= 4 is 8.41 Å². The van der Waals surface area contributed by atoms with Gasteiger partial charge in [0.1, 0.15) is 0 Å². The summed E-state index contributed by atoms with van der Waals surface area (Å²) in [7, 11) is 0. The van der Waals surface area contributed by atoms with Gasteiger partial charge in [-0.3, -0.25) is 0 Å². The van der Waals surface area contributed by atoms with Gasteiger partial charge in [-0.15, -0.1) is 0 Å². The van der Waals surface area contributed by atoms with E-state index >= 15 is 0 Å². The Morgan fingerprint density at radius 1 is 1.09 bits per heavy atom. The quantitative estimate of drug-likeness (QED) is 0.565. The summed E-state index contributed by atoms with van der Waals surface area (Å²) in [5.41, 5.74) is 0. The monoisotopic (exact) mass is 157 g/mol. The summed E-state index contributed by atoms with van der Waals surface area (Å²) in [5, 5.41) is 0. The van der Waals surface area contributed by atoms with Crippen LogP contribution in [0.2, 0.25) is 0 Å². The molecule has 0 N–H and O–H groups in total. The maximum Gasteiger partial charge on any atom is 0.0466 e. The van der Waals surface area contributed by atoms with Gasteiger partial charge in [-0.2, -0.15) is 0 Å². The fourth-order valence-corrected chi connectivity index (χ4v) is 0.714. The molecular weight excluding hydrogens is 139 g/mol. The van der Waals surface area contributed by atoms with Crippen LogP contribution < -0.4 is 0 Å².